The van der Waals surface area contributed by atoms with Gasteiger partial charge in [0, 0.05) is 28.5 Å². The Labute approximate surface area is 244 Å². The van der Waals surface area contributed by atoms with Crippen molar-refractivity contribution in [2.24, 2.45) is 5.41 Å². The number of anilines is 2. The molecule has 41 heavy (non-hydrogen) atoms. The third-order valence-electron chi connectivity index (χ3n) is 7.40. The summed E-state index contributed by atoms with van der Waals surface area (Å²) in [5, 5.41) is 15.8. The molecule has 0 saturated heterocycles. The molecule has 0 bridgehead atoms. The van der Waals surface area contributed by atoms with Crippen molar-refractivity contribution in [3.63, 3.8) is 0 Å². The summed E-state index contributed by atoms with van der Waals surface area (Å²) in [4.78, 5) is 20.2. The molecule has 7 nitrogen and oxygen atoms in total. The molecule has 2 aromatic carbocycles. The Hall–Kier alpha value is -3.76. The molecule has 6 rings (SSSR count). The summed E-state index contributed by atoms with van der Waals surface area (Å²) >= 11 is 1.27. The van der Waals surface area contributed by atoms with E-state index in [-0.39, 0.29) is 22.4 Å². The highest BCUT2D eigenvalue weighted by atomic mass is 32.2. The Morgan fingerprint density at radius 2 is 2.15 bits per heavy atom. The second kappa shape index (κ2) is 10.9. The number of hydrogen-bond donors (Lipinski definition) is 2. The highest BCUT2D eigenvalue weighted by Crippen LogP contribution is 2.51. The first-order valence-electron chi connectivity index (χ1n) is 13.4. The molecule has 2 unspecified atom stereocenters. The first-order valence-corrected chi connectivity index (χ1v) is 15.7. The van der Waals surface area contributed by atoms with Crippen LogP contribution in [0, 0.1) is 11.2 Å². The van der Waals surface area contributed by atoms with E-state index in [1.165, 1.54) is 28.4 Å². The van der Waals surface area contributed by atoms with Gasteiger partial charge >= 0.3 is 0 Å². The topological polar surface area (TPSA) is 91.8 Å². The fraction of sp³-hybridized carbons (Fsp3) is 0.290. The maximum absolute atomic E-state index is 16.2. The number of phenols is 1. The van der Waals surface area contributed by atoms with Gasteiger partial charge in [0.2, 0.25) is 0 Å². The van der Waals surface area contributed by atoms with Crippen LogP contribution in [-0.2, 0) is 10.8 Å². The zero-order chi connectivity index (χ0) is 28.7. The summed E-state index contributed by atoms with van der Waals surface area (Å²) in [7, 11) is -1.56. The van der Waals surface area contributed by atoms with Gasteiger partial charge in [-0.1, -0.05) is 38.1 Å². The molecule has 1 aliphatic carbocycles. The molecule has 3 aromatic rings. The molecule has 0 saturated carbocycles. The quantitative estimate of drug-likeness (QED) is 0.316. The van der Waals surface area contributed by atoms with Crippen molar-refractivity contribution in [3.8, 4) is 11.5 Å². The number of phenolic OH excluding ortho intramolecular Hbond substituents is 1. The third kappa shape index (κ3) is 5.34. The molecule has 0 radical (unpaired) electrons. The molecule has 0 fully saturated rings. The van der Waals surface area contributed by atoms with Crippen molar-refractivity contribution >= 4 is 39.4 Å². The van der Waals surface area contributed by atoms with E-state index in [9.17, 15) is 14.1 Å². The molecule has 0 spiro atoms. The number of thiazole rings is 1. The SMILES string of the molecule is CC1(C)CC2=C(C(c3ccc(OCC4=CCCC=C4)cc3F)N(C(=O)c3cscn3)c3cccc(O)c3N2)S(=O)C1. The number of carbonyl (C=O) groups is 1. The zero-order valence-corrected chi connectivity index (χ0v) is 24.4. The van der Waals surface area contributed by atoms with E-state index in [0.29, 0.717) is 46.5 Å². The van der Waals surface area contributed by atoms with Crippen LogP contribution >= 0.6 is 11.3 Å². The van der Waals surface area contributed by atoms with Gasteiger partial charge in [-0.25, -0.2) is 9.37 Å². The van der Waals surface area contributed by atoms with Crippen LogP contribution in [0.15, 0.2) is 81.7 Å². The maximum atomic E-state index is 16.2. The average molecular weight is 592 g/mol. The summed E-state index contributed by atoms with van der Waals surface area (Å²) in [5.41, 5.74) is 3.86. The molecule has 2 atom stereocenters. The number of hydrogen-bond acceptors (Lipinski definition) is 7. The van der Waals surface area contributed by atoms with Crippen LogP contribution < -0.4 is 15.0 Å². The molecular formula is C31H30FN3O4S2. The van der Waals surface area contributed by atoms with E-state index in [0.717, 1.165) is 18.4 Å². The van der Waals surface area contributed by atoms with Crippen LogP contribution in [0.4, 0.5) is 15.8 Å². The fourth-order valence-electron chi connectivity index (χ4n) is 5.56. The minimum Gasteiger partial charge on any atom is -0.506 e. The number of amides is 1. The Bertz CT molecular complexity index is 1630. The average Bonchev–Trinajstić information content (AvgIpc) is 3.43. The van der Waals surface area contributed by atoms with Gasteiger partial charge in [-0.05, 0) is 54.5 Å². The number of ether oxygens (including phenoxy) is 1. The molecule has 1 amide bonds. The standard InChI is InChI=1S/C31H30FN3O4S2/c1-31(2)14-23-29(41(38)17-31)28(21-12-11-20(13-22(21)32)39-15-19-7-4-3-5-8-19)35(30(37)24-16-40-18-33-24)25-9-6-10-26(36)27(25)34-23/h4,6-13,16,18,28,34,36H,3,5,14-15,17H2,1-2H3. The minimum absolute atomic E-state index is 0.0736. The highest BCUT2D eigenvalue weighted by Gasteiger charge is 2.44. The van der Waals surface area contributed by atoms with Gasteiger partial charge in [0.1, 0.15) is 41.3 Å². The Balaban J connectivity index is 1.50. The molecular weight excluding hydrogens is 561 g/mol. The lowest BCUT2D eigenvalue weighted by Crippen LogP contribution is -2.39. The number of rotatable bonds is 5. The monoisotopic (exact) mass is 591 g/mol. The van der Waals surface area contributed by atoms with E-state index in [4.69, 9.17) is 4.74 Å². The Kier molecular flexibility index (Phi) is 7.29. The fourth-order valence-corrected chi connectivity index (χ4v) is 7.93. The molecule has 212 valence electrons. The molecule has 2 N–H and O–H groups in total. The minimum atomic E-state index is -1.56. The predicted octanol–water partition coefficient (Wildman–Crippen LogP) is 6.85. The number of aromatic hydroxyl groups is 1. The number of fused-ring (bicyclic) bond motifs is 1. The van der Waals surface area contributed by atoms with Crippen molar-refractivity contribution in [1.82, 2.24) is 4.98 Å². The van der Waals surface area contributed by atoms with E-state index >= 15 is 4.39 Å². The molecule has 1 aromatic heterocycles. The number of aromatic nitrogens is 1. The lowest BCUT2D eigenvalue weighted by molar-refractivity contribution is 0.0976. The van der Waals surface area contributed by atoms with Crippen LogP contribution in [0.3, 0.4) is 0 Å². The first kappa shape index (κ1) is 27.4. The summed E-state index contributed by atoms with van der Waals surface area (Å²) in [6, 6.07) is 8.36. The summed E-state index contributed by atoms with van der Waals surface area (Å²) in [6.45, 7) is 4.35. The van der Waals surface area contributed by atoms with Gasteiger partial charge in [0.05, 0.1) is 26.9 Å². The van der Waals surface area contributed by atoms with Crippen molar-refractivity contribution in [2.45, 2.75) is 39.2 Å². The van der Waals surface area contributed by atoms with Crippen LogP contribution in [0.1, 0.15) is 55.2 Å². The van der Waals surface area contributed by atoms with Crippen LogP contribution in [0.25, 0.3) is 0 Å². The largest absolute Gasteiger partial charge is 0.506 e. The van der Waals surface area contributed by atoms with Crippen LogP contribution in [0.2, 0.25) is 0 Å². The molecule has 3 heterocycles. The summed E-state index contributed by atoms with van der Waals surface area (Å²) in [5.74, 6) is -0.453. The normalized spacial score (nSPS) is 21.3. The molecule has 3 aliphatic rings. The lowest BCUT2D eigenvalue weighted by Gasteiger charge is -2.37. The van der Waals surface area contributed by atoms with Crippen molar-refractivity contribution in [1.29, 1.82) is 0 Å². The Morgan fingerprint density at radius 3 is 2.88 bits per heavy atom. The van der Waals surface area contributed by atoms with Gasteiger partial charge in [-0.3, -0.25) is 13.9 Å². The summed E-state index contributed by atoms with van der Waals surface area (Å²) in [6.07, 6.45) is 8.65. The van der Waals surface area contributed by atoms with E-state index in [1.807, 2.05) is 19.9 Å². The number of carbonyl (C=O) groups excluding carboxylic acids is 1. The third-order valence-corrected chi connectivity index (χ3v) is 9.99. The highest BCUT2D eigenvalue weighted by molar-refractivity contribution is 7.89. The van der Waals surface area contributed by atoms with Crippen molar-refractivity contribution in [3.05, 3.63) is 98.8 Å². The van der Waals surface area contributed by atoms with Crippen molar-refractivity contribution in [2.75, 3.05) is 22.6 Å². The number of nitrogens with one attached hydrogen (secondary N) is 1. The zero-order valence-electron chi connectivity index (χ0n) is 22.7. The van der Waals surface area contributed by atoms with Gasteiger partial charge < -0.3 is 15.2 Å². The molecule has 10 heteroatoms. The summed E-state index contributed by atoms with van der Waals surface area (Å²) < 4.78 is 36.0. The second-order valence-electron chi connectivity index (χ2n) is 11.2. The molecule has 2 aliphatic heterocycles. The number of nitrogens with zero attached hydrogens (tertiary/aromatic N) is 2. The number of halogens is 1. The van der Waals surface area contributed by atoms with E-state index < -0.39 is 28.6 Å². The number of para-hydroxylation sites is 1. The van der Waals surface area contributed by atoms with Gasteiger partial charge in [-0.15, -0.1) is 11.3 Å². The number of allylic oxidation sites excluding steroid dienone is 3. The van der Waals surface area contributed by atoms with Crippen LogP contribution in [-0.4, -0.2) is 32.6 Å². The first-order chi connectivity index (χ1) is 19.7. The van der Waals surface area contributed by atoms with Crippen molar-refractivity contribution < 1.29 is 23.2 Å². The van der Waals surface area contributed by atoms with E-state index in [1.54, 1.807) is 35.2 Å². The van der Waals surface area contributed by atoms with Crippen LogP contribution in [0.5, 0.6) is 11.5 Å². The predicted molar refractivity (Wildman–Crippen MR) is 160 cm³/mol. The van der Waals surface area contributed by atoms with E-state index in [2.05, 4.69) is 22.5 Å². The van der Waals surface area contributed by atoms with Gasteiger partial charge in [-0.2, -0.15) is 0 Å². The Morgan fingerprint density at radius 1 is 1.29 bits per heavy atom. The second-order valence-corrected chi connectivity index (χ2v) is 13.3. The van der Waals surface area contributed by atoms with Gasteiger partial charge in [0.25, 0.3) is 5.91 Å². The van der Waals surface area contributed by atoms with Gasteiger partial charge in [0.15, 0.2) is 0 Å². The number of benzene rings is 2. The lowest BCUT2D eigenvalue weighted by atomic mass is 9.88. The maximum Gasteiger partial charge on any atom is 0.278 e. The smallest absolute Gasteiger partial charge is 0.278 e.